The minimum absolute atomic E-state index is 0.110. The Morgan fingerprint density at radius 2 is 1.24 bits per heavy atom. The summed E-state index contributed by atoms with van der Waals surface area (Å²) in [6.07, 6.45) is 4.23. The van der Waals surface area contributed by atoms with Gasteiger partial charge in [-0.1, -0.05) is 56.9 Å². The second-order valence-corrected chi connectivity index (χ2v) is 9.74. The molecule has 0 N–H and O–H groups in total. The summed E-state index contributed by atoms with van der Waals surface area (Å²) in [5.74, 6) is -0.745. The van der Waals surface area contributed by atoms with Crippen molar-refractivity contribution in [3.05, 3.63) is 95.6 Å². The van der Waals surface area contributed by atoms with Gasteiger partial charge in [-0.15, -0.1) is 0 Å². The second-order valence-electron chi connectivity index (χ2n) is 9.74. The van der Waals surface area contributed by atoms with E-state index >= 15 is 0 Å². The van der Waals surface area contributed by atoms with Gasteiger partial charge in [-0.2, -0.15) is 0 Å². The minimum atomic E-state index is -0.626. The van der Waals surface area contributed by atoms with Gasteiger partial charge in [0.05, 0.1) is 0 Å². The molecule has 1 saturated carbocycles. The molecule has 198 valence electrons. The molecule has 2 aromatic carbocycles. The number of hydrogen-bond donors (Lipinski definition) is 0. The Kier molecular flexibility index (Phi) is 9.24. The van der Waals surface area contributed by atoms with Crippen molar-refractivity contribution in [2.24, 2.45) is 5.92 Å². The van der Waals surface area contributed by atoms with Gasteiger partial charge in [0.2, 0.25) is 0 Å². The largest absolute Gasteiger partial charge is 0.423 e. The SMILES string of the molecule is C=C(C)C(=O)Oc1ccc(C(=C2CCCCC2C)c2ccc(OC(=O)C(=C)C)c(OC(=O)C(=C)C)c2)cc1. The summed E-state index contributed by atoms with van der Waals surface area (Å²) in [6.45, 7) is 17.8. The van der Waals surface area contributed by atoms with E-state index in [1.165, 1.54) is 5.57 Å². The molecule has 0 spiro atoms. The van der Waals surface area contributed by atoms with Crippen molar-refractivity contribution in [3.8, 4) is 17.2 Å². The predicted octanol–water partition coefficient (Wildman–Crippen LogP) is 7.14. The third-order valence-corrected chi connectivity index (χ3v) is 6.29. The average Bonchev–Trinajstić information content (AvgIpc) is 2.87. The molecule has 3 rings (SSSR count). The molecule has 1 atom stereocenters. The zero-order valence-corrected chi connectivity index (χ0v) is 22.5. The van der Waals surface area contributed by atoms with Crippen LogP contribution in [0.1, 0.15) is 64.5 Å². The van der Waals surface area contributed by atoms with E-state index < -0.39 is 17.9 Å². The Morgan fingerprint density at radius 3 is 1.79 bits per heavy atom. The quantitative estimate of drug-likeness (QED) is 0.212. The van der Waals surface area contributed by atoms with E-state index in [0.29, 0.717) is 17.2 Å². The lowest BCUT2D eigenvalue weighted by Crippen LogP contribution is -2.13. The van der Waals surface area contributed by atoms with Crippen LogP contribution in [-0.2, 0) is 14.4 Å². The fourth-order valence-electron chi connectivity index (χ4n) is 4.18. The summed E-state index contributed by atoms with van der Waals surface area (Å²) in [4.78, 5) is 36.6. The monoisotopic (exact) mass is 514 g/mol. The van der Waals surface area contributed by atoms with Crippen LogP contribution in [0, 0.1) is 5.92 Å². The zero-order valence-electron chi connectivity index (χ0n) is 22.5. The first-order valence-corrected chi connectivity index (χ1v) is 12.6. The van der Waals surface area contributed by atoms with Gasteiger partial charge in [0.1, 0.15) is 5.75 Å². The molecule has 1 fully saturated rings. The number of ether oxygens (including phenoxy) is 3. The first-order valence-electron chi connectivity index (χ1n) is 12.6. The molecule has 38 heavy (non-hydrogen) atoms. The number of hydrogen-bond acceptors (Lipinski definition) is 6. The summed E-state index contributed by atoms with van der Waals surface area (Å²) in [6, 6.07) is 12.5. The van der Waals surface area contributed by atoms with Crippen molar-refractivity contribution in [3.63, 3.8) is 0 Å². The van der Waals surface area contributed by atoms with Crippen molar-refractivity contribution in [2.75, 3.05) is 0 Å². The first-order chi connectivity index (χ1) is 18.0. The molecule has 1 aliphatic carbocycles. The normalized spacial score (nSPS) is 16.2. The maximum absolute atomic E-state index is 12.4. The van der Waals surface area contributed by atoms with Crippen LogP contribution in [0.2, 0.25) is 0 Å². The molecule has 1 unspecified atom stereocenters. The van der Waals surface area contributed by atoms with Gasteiger partial charge in [0, 0.05) is 16.7 Å². The van der Waals surface area contributed by atoms with Crippen LogP contribution >= 0.6 is 0 Å². The molecular weight excluding hydrogens is 480 g/mol. The Bertz CT molecular complexity index is 1330. The Balaban J connectivity index is 2.13. The van der Waals surface area contributed by atoms with E-state index in [9.17, 15) is 14.4 Å². The van der Waals surface area contributed by atoms with Crippen LogP contribution < -0.4 is 14.2 Å². The maximum Gasteiger partial charge on any atom is 0.338 e. The van der Waals surface area contributed by atoms with Crippen molar-refractivity contribution in [1.29, 1.82) is 0 Å². The summed E-state index contributed by atoms with van der Waals surface area (Å²) < 4.78 is 16.4. The standard InChI is InChI=1S/C32H34O6/c1-19(2)30(33)36-25-15-12-23(13-16-25)29(26-11-9-8-10-22(26)7)24-14-17-27(37-31(34)20(3)4)28(18-24)38-32(35)21(5)6/h12-18,22H,1,3,5,8-11H2,2,4,6-7H3. The van der Waals surface area contributed by atoms with Crippen LogP contribution in [0.25, 0.3) is 5.57 Å². The predicted molar refractivity (Wildman–Crippen MR) is 148 cm³/mol. The van der Waals surface area contributed by atoms with E-state index in [4.69, 9.17) is 14.2 Å². The highest BCUT2D eigenvalue weighted by atomic mass is 16.6. The third-order valence-electron chi connectivity index (χ3n) is 6.29. The van der Waals surface area contributed by atoms with Crippen molar-refractivity contribution >= 4 is 23.5 Å². The molecule has 0 heterocycles. The van der Waals surface area contributed by atoms with Crippen LogP contribution in [0.5, 0.6) is 17.2 Å². The van der Waals surface area contributed by atoms with Gasteiger partial charge < -0.3 is 14.2 Å². The van der Waals surface area contributed by atoms with E-state index in [1.54, 1.807) is 45.0 Å². The van der Waals surface area contributed by atoms with Crippen molar-refractivity contribution in [2.45, 2.75) is 53.4 Å². The summed E-state index contributed by atoms with van der Waals surface area (Å²) in [5.41, 5.74) is 4.77. The van der Waals surface area contributed by atoms with Crippen LogP contribution in [0.15, 0.2) is 84.5 Å². The zero-order chi connectivity index (χ0) is 28.0. The highest BCUT2D eigenvalue weighted by Crippen LogP contribution is 2.41. The van der Waals surface area contributed by atoms with E-state index in [-0.39, 0.29) is 22.6 Å². The summed E-state index contributed by atoms with van der Waals surface area (Å²) >= 11 is 0. The number of rotatable bonds is 8. The van der Waals surface area contributed by atoms with E-state index in [1.807, 2.05) is 18.2 Å². The molecule has 0 aliphatic heterocycles. The Morgan fingerprint density at radius 1 is 0.711 bits per heavy atom. The highest BCUT2D eigenvalue weighted by Gasteiger charge is 2.23. The molecule has 6 nitrogen and oxygen atoms in total. The molecule has 0 radical (unpaired) electrons. The molecule has 2 aromatic rings. The van der Waals surface area contributed by atoms with Gasteiger partial charge >= 0.3 is 17.9 Å². The van der Waals surface area contributed by atoms with Crippen LogP contribution in [0.3, 0.4) is 0 Å². The van der Waals surface area contributed by atoms with Crippen LogP contribution in [-0.4, -0.2) is 17.9 Å². The summed E-state index contributed by atoms with van der Waals surface area (Å²) in [5, 5.41) is 0. The molecule has 0 amide bonds. The molecular formula is C32H34O6. The number of carbonyl (C=O) groups is 3. The van der Waals surface area contributed by atoms with E-state index in [0.717, 1.165) is 42.4 Å². The number of esters is 3. The van der Waals surface area contributed by atoms with E-state index in [2.05, 4.69) is 26.7 Å². The Labute approximate surface area is 224 Å². The average molecular weight is 515 g/mol. The van der Waals surface area contributed by atoms with Crippen molar-refractivity contribution < 1.29 is 28.6 Å². The maximum atomic E-state index is 12.4. The lowest BCUT2D eigenvalue weighted by molar-refractivity contribution is -0.132. The lowest BCUT2D eigenvalue weighted by Gasteiger charge is -2.26. The molecule has 0 bridgehead atoms. The number of carbonyl (C=O) groups excluding carboxylic acids is 3. The van der Waals surface area contributed by atoms with Crippen molar-refractivity contribution in [1.82, 2.24) is 0 Å². The summed E-state index contributed by atoms with van der Waals surface area (Å²) in [7, 11) is 0. The first kappa shape index (κ1) is 28.4. The smallest absolute Gasteiger partial charge is 0.338 e. The van der Waals surface area contributed by atoms with Gasteiger partial charge in [0.25, 0.3) is 0 Å². The topological polar surface area (TPSA) is 78.9 Å². The third kappa shape index (κ3) is 6.97. The highest BCUT2D eigenvalue weighted by molar-refractivity contribution is 5.92. The molecule has 0 saturated heterocycles. The van der Waals surface area contributed by atoms with Gasteiger partial charge in [-0.05, 0) is 86.9 Å². The fraction of sp³-hybridized carbons (Fsp3) is 0.281. The van der Waals surface area contributed by atoms with Gasteiger partial charge in [-0.25, -0.2) is 14.4 Å². The minimum Gasteiger partial charge on any atom is -0.423 e. The molecule has 6 heteroatoms. The molecule has 0 aromatic heterocycles. The number of benzene rings is 2. The lowest BCUT2D eigenvalue weighted by atomic mass is 9.79. The fourth-order valence-corrected chi connectivity index (χ4v) is 4.18. The number of allylic oxidation sites excluding steroid dienone is 1. The van der Waals surface area contributed by atoms with Gasteiger partial charge in [-0.3, -0.25) is 0 Å². The Hall–Kier alpha value is -4.19. The molecule has 1 aliphatic rings. The van der Waals surface area contributed by atoms with Gasteiger partial charge in [0.15, 0.2) is 11.5 Å². The second kappa shape index (κ2) is 12.4. The van der Waals surface area contributed by atoms with Crippen LogP contribution in [0.4, 0.5) is 0 Å².